The lowest BCUT2D eigenvalue weighted by Gasteiger charge is -2.48. The van der Waals surface area contributed by atoms with E-state index in [1.165, 1.54) is 0 Å². The van der Waals surface area contributed by atoms with Gasteiger partial charge in [-0.05, 0) is 80.6 Å². The van der Waals surface area contributed by atoms with Crippen LogP contribution in [0.4, 0.5) is 0 Å². The van der Waals surface area contributed by atoms with E-state index < -0.39 is 17.5 Å². The van der Waals surface area contributed by atoms with E-state index in [0.29, 0.717) is 37.1 Å². The molecule has 36 heavy (non-hydrogen) atoms. The van der Waals surface area contributed by atoms with Gasteiger partial charge in [-0.1, -0.05) is 55.4 Å². The molecule has 2 unspecified atom stereocenters. The van der Waals surface area contributed by atoms with Crippen LogP contribution in [0.2, 0.25) is 0 Å². The van der Waals surface area contributed by atoms with Crippen molar-refractivity contribution in [3.05, 3.63) is 0 Å². The van der Waals surface area contributed by atoms with Gasteiger partial charge in [0, 0.05) is 18.4 Å². The normalized spacial score (nSPS) is 20.9. The number of hydrogen-bond acceptors (Lipinski definition) is 5. The maximum Gasteiger partial charge on any atom is 0.237 e. The van der Waals surface area contributed by atoms with Crippen molar-refractivity contribution in [1.82, 2.24) is 10.6 Å². The highest BCUT2D eigenvalue weighted by atomic mass is 16.2. The molecule has 0 aliphatic heterocycles. The number of carbonyl (C=O) groups is 3. The van der Waals surface area contributed by atoms with Crippen molar-refractivity contribution < 1.29 is 14.4 Å². The van der Waals surface area contributed by atoms with Gasteiger partial charge in [0.25, 0.3) is 0 Å². The molecule has 7 nitrogen and oxygen atoms in total. The highest BCUT2D eigenvalue weighted by Gasteiger charge is 2.44. The van der Waals surface area contributed by atoms with Crippen molar-refractivity contribution in [2.24, 2.45) is 46.0 Å². The fourth-order valence-electron chi connectivity index (χ4n) is 5.04. The highest BCUT2D eigenvalue weighted by molar-refractivity contribution is 5.93. The first kappa shape index (κ1) is 32.6. The summed E-state index contributed by atoms with van der Waals surface area (Å²) in [6, 6.07) is -1.17. The molecule has 0 bridgehead atoms. The molecule has 0 heterocycles. The summed E-state index contributed by atoms with van der Waals surface area (Å²) in [7, 11) is 0. The summed E-state index contributed by atoms with van der Waals surface area (Å²) in [5.74, 6) is 1.46. The SMILES string of the molecule is CC(C)CCNC(=O)CCC(C)(C)C1CC(C(C)C(N)C(=O)N[C@@H](CCCCN)C(=O)C(C)(C)C)C1. The van der Waals surface area contributed by atoms with Crippen LogP contribution in [0.1, 0.15) is 107 Å². The fraction of sp³-hybridized carbons (Fsp3) is 0.897. The number of amides is 2. The minimum Gasteiger partial charge on any atom is -0.356 e. The molecule has 2 amide bonds. The van der Waals surface area contributed by atoms with Gasteiger partial charge in [0.15, 0.2) is 5.78 Å². The van der Waals surface area contributed by atoms with E-state index in [4.69, 9.17) is 11.5 Å². The van der Waals surface area contributed by atoms with Crippen LogP contribution in [0.15, 0.2) is 0 Å². The number of hydrogen-bond donors (Lipinski definition) is 4. The Labute approximate surface area is 220 Å². The van der Waals surface area contributed by atoms with Crippen LogP contribution in [0.5, 0.6) is 0 Å². The van der Waals surface area contributed by atoms with Crippen LogP contribution < -0.4 is 22.1 Å². The predicted octanol–water partition coefficient (Wildman–Crippen LogP) is 4.17. The van der Waals surface area contributed by atoms with Gasteiger partial charge in [-0.2, -0.15) is 0 Å². The molecule has 1 saturated carbocycles. The van der Waals surface area contributed by atoms with Gasteiger partial charge in [-0.3, -0.25) is 14.4 Å². The molecule has 6 N–H and O–H groups in total. The molecule has 210 valence electrons. The summed E-state index contributed by atoms with van der Waals surface area (Å²) in [5.41, 5.74) is 11.6. The molecule has 1 aliphatic carbocycles. The van der Waals surface area contributed by atoms with Crippen LogP contribution in [0, 0.1) is 34.5 Å². The third kappa shape index (κ3) is 10.5. The van der Waals surface area contributed by atoms with E-state index in [0.717, 1.165) is 45.1 Å². The molecular weight excluding hydrogens is 452 g/mol. The van der Waals surface area contributed by atoms with Gasteiger partial charge >= 0.3 is 0 Å². The highest BCUT2D eigenvalue weighted by Crippen LogP contribution is 2.50. The molecule has 0 saturated heterocycles. The lowest BCUT2D eigenvalue weighted by molar-refractivity contribution is -0.134. The minimum atomic E-state index is -0.643. The molecule has 0 aromatic carbocycles. The van der Waals surface area contributed by atoms with Crippen LogP contribution in [0.3, 0.4) is 0 Å². The predicted molar refractivity (Wildman–Crippen MR) is 148 cm³/mol. The maximum atomic E-state index is 13.0. The lowest BCUT2D eigenvalue weighted by Crippen LogP contribution is -2.54. The zero-order chi connectivity index (χ0) is 27.7. The number of nitrogens with one attached hydrogen (secondary N) is 2. The summed E-state index contributed by atoms with van der Waals surface area (Å²) < 4.78 is 0. The Bertz CT molecular complexity index is 708. The minimum absolute atomic E-state index is 0.0332. The first-order chi connectivity index (χ1) is 16.6. The largest absolute Gasteiger partial charge is 0.356 e. The second-order valence-corrected chi connectivity index (χ2v) is 13.3. The lowest BCUT2D eigenvalue weighted by atomic mass is 9.57. The summed E-state index contributed by atoms with van der Waals surface area (Å²) in [4.78, 5) is 38.2. The zero-order valence-electron chi connectivity index (χ0n) is 24.4. The Morgan fingerprint density at radius 1 is 0.972 bits per heavy atom. The van der Waals surface area contributed by atoms with Gasteiger partial charge in [0.1, 0.15) is 0 Å². The standard InChI is InChI=1S/C29H56N4O3/c1-19(2)13-16-32-24(34)12-14-29(7,8)22-17-21(18-22)20(3)25(31)27(36)33-23(11-9-10-15-30)26(35)28(4,5)6/h19-23,25H,9-18,30-31H2,1-8H3,(H,32,34)(H,33,36)/t20?,21?,22?,23-,25?/m0/s1. The summed E-state index contributed by atoms with van der Waals surface area (Å²) in [6.45, 7) is 17.8. The average molecular weight is 509 g/mol. The van der Waals surface area contributed by atoms with Gasteiger partial charge in [0.2, 0.25) is 11.8 Å². The van der Waals surface area contributed by atoms with Gasteiger partial charge < -0.3 is 22.1 Å². The van der Waals surface area contributed by atoms with Crippen molar-refractivity contribution in [3.63, 3.8) is 0 Å². The summed E-state index contributed by atoms with van der Waals surface area (Å²) in [6.07, 6.45) is 6.66. The Kier molecular flexibility index (Phi) is 13.1. The van der Waals surface area contributed by atoms with Crippen molar-refractivity contribution in [2.45, 2.75) is 119 Å². The Morgan fingerprint density at radius 3 is 2.11 bits per heavy atom. The zero-order valence-corrected chi connectivity index (χ0v) is 24.4. The molecule has 1 rings (SSSR count). The van der Waals surface area contributed by atoms with Gasteiger partial charge in [-0.25, -0.2) is 0 Å². The smallest absolute Gasteiger partial charge is 0.237 e. The van der Waals surface area contributed by atoms with Crippen molar-refractivity contribution in [2.75, 3.05) is 13.1 Å². The van der Waals surface area contributed by atoms with Crippen molar-refractivity contribution >= 4 is 17.6 Å². The monoisotopic (exact) mass is 508 g/mol. The number of nitrogens with two attached hydrogens (primary N) is 2. The molecule has 3 atom stereocenters. The molecule has 0 aromatic heterocycles. The van der Waals surface area contributed by atoms with E-state index in [9.17, 15) is 14.4 Å². The molecule has 0 spiro atoms. The van der Waals surface area contributed by atoms with Gasteiger partial charge in [-0.15, -0.1) is 0 Å². The third-order valence-electron chi connectivity index (χ3n) is 8.25. The number of rotatable bonds is 16. The van der Waals surface area contributed by atoms with Crippen LogP contribution in [-0.2, 0) is 14.4 Å². The first-order valence-electron chi connectivity index (χ1n) is 14.2. The molecular formula is C29H56N4O3. The maximum absolute atomic E-state index is 13.0. The average Bonchev–Trinajstić information content (AvgIpc) is 2.73. The van der Waals surface area contributed by atoms with Crippen LogP contribution in [-0.4, -0.2) is 42.8 Å². The second-order valence-electron chi connectivity index (χ2n) is 13.3. The van der Waals surface area contributed by atoms with Gasteiger partial charge in [0.05, 0.1) is 12.1 Å². The number of ketones is 1. The molecule has 0 radical (unpaired) electrons. The molecule has 0 aromatic rings. The summed E-state index contributed by atoms with van der Waals surface area (Å²) >= 11 is 0. The Hall–Kier alpha value is -1.47. The Morgan fingerprint density at radius 2 is 1.58 bits per heavy atom. The van der Waals surface area contributed by atoms with Crippen molar-refractivity contribution in [1.29, 1.82) is 0 Å². The molecule has 7 heteroatoms. The van der Waals surface area contributed by atoms with Crippen LogP contribution in [0.25, 0.3) is 0 Å². The third-order valence-corrected chi connectivity index (χ3v) is 8.25. The van der Waals surface area contributed by atoms with Crippen LogP contribution >= 0.6 is 0 Å². The Balaban J connectivity index is 2.57. The molecule has 1 fully saturated rings. The number of unbranched alkanes of at least 4 members (excludes halogenated alkanes) is 1. The first-order valence-corrected chi connectivity index (χ1v) is 14.2. The topological polar surface area (TPSA) is 127 Å². The second kappa shape index (κ2) is 14.5. The fourth-order valence-corrected chi connectivity index (χ4v) is 5.04. The van der Waals surface area contributed by atoms with E-state index in [1.54, 1.807) is 0 Å². The van der Waals surface area contributed by atoms with E-state index in [1.807, 2.05) is 20.8 Å². The van der Waals surface area contributed by atoms with E-state index in [2.05, 4.69) is 45.3 Å². The molecule has 1 aliphatic rings. The van der Waals surface area contributed by atoms with E-state index in [-0.39, 0.29) is 28.9 Å². The number of Topliss-reactive ketones (excluding diaryl/α,β-unsaturated/α-hetero) is 1. The van der Waals surface area contributed by atoms with Crippen molar-refractivity contribution in [3.8, 4) is 0 Å². The van der Waals surface area contributed by atoms with E-state index >= 15 is 0 Å². The number of carbonyl (C=O) groups excluding carboxylic acids is 3. The summed E-state index contributed by atoms with van der Waals surface area (Å²) in [5, 5.41) is 6.00. The quantitative estimate of drug-likeness (QED) is 0.233.